The van der Waals surface area contributed by atoms with Crippen molar-refractivity contribution in [2.75, 3.05) is 32.6 Å². The predicted octanol–water partition coefficient (Wildman–Crippen LogP) is 5.31. The number of para-hydroxylation sites is 1. The van der Waals surface area contributed by atoms with Crippen molar-refractivity contribution in [1.82, 2.24) is 4.90 Å². The van der Waals surface area contributed by atoms with Crippen LogP contribution in [0.15, 0.2) is 54.1 Å². The first-order valence-electron chi connectivity index (χ1n) is 13.7. The number of carbonyl (C=O) groups is 1. The second-order valence-electron chi connectivity index (χ2n) is 11.0. The van der Waals surface area contributed by atoms with E-state index in [0.717, 1.165) is 48.7 Å². The number of nitrogens with one attached hydrogen (secondary N) is 1. The van der Waals surface area contributed by atoms with E-state index >= 15 is 0 Å². The molecule has 5 rings (SSSR count). The van der Waals surface area contributed by atoms with Crippen LogP contribution in [-0.2, 0) is 21.4 Å². The fourth-order valence-electron chi connectivity index (χ4n) is 6.75. The smallest absolute Gasteiger partial charge is 0.253 e. The Labute approximate surface area is 220 Å². The molecule has 0 aromatic heterocycles. The van der Waals surface area contributed by atoms with E-state index in [-0.39, 0.29) is 35.1 Å². The molecule has 198 valence electrons. The minimum absolute atomic E-state index is 0.0474. The Morgan fingerprint density at radius 1 is 1.16 bits per heavy atom. The molecule has 2 fully saturated rings. The van der Waals surface area contributed by atoms with Gasteiger partial charge in [0.2, 0.25) is 0 Å². The normalized spacial score (nSPS) is 27.8. The Balaban J connectivity index is 1.61. The Kier molecular flexibility index (Phi) is 7.32. The highest BCUT2D eigenvalue weighted by Gasteiger charge is 2.54. The van der Waals surface area contributed by atoms with Gasteiger partial charge in [0, 0.05) is 47.9 Å². The number of fused-ring (bicyclic) bond motifs is 1. The van der Waals surface area contributed by atoms with Crippen LogP contribution in [0.4, 0.5) is 5.69 Å². The van der Waals surface area contributed by atoms with Crippen molar-refractivity contribution in [2.24, 2.45) is 11.8 Å². The maximum Gasteiger partial charge on any atom is 0.253 e. The molecule has 6 nitrogen and oxygen atoms in total. The summed E-state index contributed by atoms with van der Waals surface area (Å²) in [6.45, 7) is 6.49. The number of hydrogen-bond donors (Lipinski definition) is 2. The average molecular weight is 505 g/mol. The maximum absolute atomic E-state index is 13.6. The van der Waals surface area contributed by atoms with Crippen molar-refractivity contribution in [1.29, 1.82) is 0 Å². The molecule has 0 bridgehead atoms. The molecule has 2 aromatic rings. The first-order valence-corrected chi connectivity index (χ1v) is 13.7. The highest BCUT2D eigenvalue weighted by Crippen LogP contribution is 2.56. The summed E-state index contributed by atoms with van der Waals surface area (Å²) in [6.07, 6.45) is 6.74. The number of methoxy groups -OCH3 is 2. The van der Waals surface area contributed by atoms with Crippen LogP contribution in [0.25, 0.3) is 0 Å². The lowest BCUT2D eigenvalue weighted by atomic mass is 9.56. The van der Waals surface area contributed by atoms with Crippen molar-refractivity contribution < 1.29 is 19.4 Å². The molecule has 1 heterocycles. The number of likely N-dealkylation sites (tertiary alicyclic amines) is 1. The largest absolute Gasteiger partial charge is 0.504 e. The molecule has 1 saturated heterocycles. The van der Waals surface area contributed by atoms with Crippen LogP contribution in [0, 0.1) is 11.8 Å². The third-order valence-electron chi connectivity index (χ3n) is 8.93. The maximum atomic E-state index is 13.6. The molecule has 1 amide bonds. The molecule has 1 saturated carbocycles. The lowest BCUT2D eigenvalue weighted by Gasteiger charge is -2.55. The quantitative estimate of drug-likeness (QED) is 0.510. The van der Waals surface area contributed by atoms with Crippen LogP contribution in [-0.4, -0.2) is 55.4 Å². The van der Waals surface area contributed by atoms with Crippen molar-refractivity contribution in [2.45, 2.75) is 63.5 Å². The van der Waals surface area contributed by atoms with E-state index in [9.17, 15) is 9.90 Å². The number of piperidine rings is 1. The molecular formula is C31H40N2O4. The highest BCUT2D eigenvalue weighted by molar-refractivity contribution is 6.04. The van der Waals surface area contributed by atoms with Gasteiger partial charge in [-0.1, -0.05) is 37.3 Å². The van der Waals surface area contributed by atoms with Crippen LogP contribution in [0.5, 0.6) is 11.5 Å². The minimum Gasteiger partial charge on any atom is -0.504 e. The molecule has 2 unspecified atom stereocenters. The predicted molar refractivity (Wildman–Crippen MR) is 146 cm³/mol. The number of nitrogens with zero attached hydrogens (tertiary/aromatic N) is 1. The van der Waals surface area contributed by atoms with Gasteiger partial charge in [-0.2, -0.15) is 0 Å². The van der Waals surface area contributed by atoms with E-state index in [0.29, 0.717) is 17.7 Å². The SMILES string of the molecule is CCc1ccc(OC)c(O)c1[C@]12CCN(CC3CC3)[C@H](C)C1C=C(C(=O)Nc1ccccc1)C(OC)C2. The summed E-state index contributed by atoms with van der Waals surface area (Å²) in [4.78, 5) is 16.2. The second kappa shape index (κ2) is 10.5. The Hall–Kier alpha value is -2.83. The van der Waals surface area contributed by atoms with Gasteiger partial charge in [-0.3, -0.25) is 9.69 Å². The van der Waals surface area contributed by atoms with Crippen LogP contribution in [0.3, 0.4) is 0 Å². The number of amides is 1. The zero-order chi connectivity index (χ0) is 26.2. The minimum atomic E-state index is -0.377. The summed E-state index contributed by atoms with van der Waals surface area (Å²) >= 11 is 0. The summed E-state index contributed by atoms with van der Waals surface area (Å²) in [5.74, 6) is 1.44. The number of benzene rings is 2. The molecule has 0 radical (unpaired) electrons. The first kappa shape index (κ1) is 25.8. The summed E-state index contributed by atoms with van der Waals surface area (Å²) in [6, 6.07) is 13.7. The van der Waals surface area contributed by atoms with Gasteiger partial charge in [0.25, 0.3) is 5.91 Å². The number of phenols is 1. The molecule has 6 heteroatoms. The summed E-state index contributed by atoms with van der Waals surface area (Å²) in [5, 5.41) is 14.6. The Bertz CT molecular complexity index is 1160. The summed E-state index contributed by atoms with van der Waals surface area (Å²) in [7, 11) is 3.28. The Morgan fingerprint density at radius 3 is 2.57 bits per heavy atom. The highest BCUT2D eigenvalue weighted by atomic mass is 16.5. The third kappa shape index (κ3) is 4.77. The fraction of sp³-hybridized carbons (Fsp3) is 0.516. The van der Waals surface area contributed by atoms with Crippen molar-refractivity contribution in [3.8, 4) is 11.5 Å². The number of carbonyl (C=O) groups excluding carboxylic acids is 1. The average Bonchev–Trinajstić information content (AvgIpc) is 3.74. The molecule has 2 N–H and O–H groups in total. The Morgan fingerprint density at radius 2 is 1.92 bits per heavy atom. The number of aryl methyl sites for hydroxylation is 1. The van der Waals surface area contributed by atoms with E-state index in [1.54, 1.807) is 14.2 Å². The van der Waals surface area contributed by atoms with Gasteiger partial charge in [0.05, 0.1) is 13.2 Å². The van der Waals surface area contributed by atoms with Gasteiger partial charge in [0.1, 0.15) is 0 Å². The number of hydrogen-bond acceptors (Lipinski definition) is 5. The molecule has 4 atom stereocenters. The van der Waals surface area contributed by atoms with Gasteiger partial charge in [0.15, 0.2) is 11.5 Å². The first-order chi connectivity index (χ1) is 17.9. The van der Waals surface area contributed by atoms with E-state index in [2.05, 4.69) is 36.2 Å². The molecule has 37 heavy (non-hydrogen) atoms. The monoisotopic (exact) mass is 504 g/mol. The fourth-order valence-corrected chi connectivity index (χ4v) is 6.75. The summed E-state index contributed by atoms with van der Waals surface area (Å²) < 4.78 is 11.6. The zero-order valence-corrected chi connectivity index (χ0v) is 22.5. The lowest BCUT2D eigenvalue weighted by molar-refractivity contribution is -0.114. The van der Waals surface area contributed by atoms with Crippen LogP contribution in [0.1, 0.15) is 50.7 Å². The third-order valence-corrected chi connectivity index (χ3v) is 8.93. The van der Waals surface area contributed by atoms with Crippen LogP contribution in [0.2, 0.25) is 0 Å². The van der Waals surface area contributed by atoms with Gasteiger partial charge < -0.3 is 19.9 Å². The molecule has 3 aliphatic rings. The topological polar surface area (TPSA) is 71.0 Å². The van der Waals surface area contributed by atoms with Crippen molar-refractivity contribution >= 4 is 11.6 Å². The van der Waals surface area contributed by atoms with Gasteiger partial charge in [-0.25, -0.2) is 0 Å². The van der Waals surface area contributed by atoms with Crippen molar-refractivity contribution in [3.05, 3.63) is 65.2 Å². The zero-order valence-electron chi connectivity index (χ0n) is 22.5. The standard InChI is InChI=1S/C31H40N2O4/c1-5-22-13-14-26(36-3)29(34)28(22)31-15-16-33(19-21-11-12-21)20(2)25(31)17-24(27(18-31)37-4)30(35)32-23-9-7-6-8-10-23/h6-10,13-14,17,20-21,25,27,34H,5,11-12,15-16,18-19H2,1-4H3,(H,32,35)/t20-,25?,27?,31+/m1/s1. The van der Waals surface area contributed by atoms with E-state index in [1.807, 2.05) is 36.4 Å². The molecule has 2 aromatic carbocycles. The molecule has 2 aliphatic carbocycles. The van der Waals surface area contributed by atoms with Gasteiger partial charge in [-0.05, 0) is 75.3 Å². The van der Waals surface area contributed by atoms with Gasteiger partial charge in [-0.15, -0.1) is 0 Å². The van der Waals surface area contributed by atoms with Crippen molar-refractivity contribution in [3.63, 3.8) is 0 Å². The summed E-state index contributed by atoms with van der Waals surface area (Å²) in [5.41, 5.74) is 3.18. The number of rotatable bonds is 8. The molecular weight excluding hydrogens is 464 g/mol. The van der Waals surface area contributed by atoms with E-state index in [1.165, 1.54) is 12.8 Å². The number of aromatic hydroxyl groups is 1. The number of anilines is 1. The lowest BCUT2D eigenvalue weighted by Crippen LogP contribution is -2.58. The van der Waals surface area contributed by atoms with E-state index in [4.69, 9.17) is 9.47 Å². The van der Waals surface area contributed by atoms with Gasteiger partial charge >= 0.3 is 0 Å². The number of phenolic OH excluding ortho intramolecular Hbond substituents is 1. The second-order valence-corrected chi connectivity index (χ2v) is 11.0. The van der Waals surface area contributed by atoms with Crippen LogP contribution < -0.4 is 10.1 Å². The molecule has 1 aliphatic heterocycles. The molecule has 0 spiro atoms. The van der Waals surface area contributed by atoms with Crippen LogP contribution >= 0.6 is 0 Å². The number of ether oxygens (including phenoxy) is 2. The van der Waals surface area contributed by atoms with E-state index < -0.39 is 0 Å².